The number of nitriles is 1. The highest BCUT2D eigenvalue weighted by molar-refractivity contribution is 8.03. The number of carbonyl (C=O) groups excluding carboxylic acids is 2. The van der Waals surface area contributed by atoms with Crippen molar-refractivity contribution in [3.8, 4) is 23.3 Å². The number of nitrogens with one attached hydrogen (secondary N) is 2. The van der Waals surface area contributed by atoms with Crippen LogP contribution in [0, 0.1) is 16.7 Å². The second-order valence-electron chi connectivity index (χ2n) is 9.92. The van der Waals surface area contributed by atoms with Crippen LogP contribution < -0.4 is 24.8 Å². The average molecular weight is 518 g/mol. The molecule has 2 N–H and O–H groups in total. The van der Waals surface area contributed by atoms with Crippen molar-refractivity contribution in [2.24, 2.45) is 5.41 Å². The maximum absolute atomic E-state index is 13.3. The van der Waals surface area contributed by atoms with Gasteiger partial charge in [-0.1, -0.05) is 37.7 Å². The molecule has 9 heteroatoms. The van der Waals surface area contributed by atoms with E-state index in [1.54, 1.807) is 25.3 Å². The molecule has 5 rings (SSSR count). The van der Waals surface area contributed by atoms with Gasteiger partial charge in [0.05, 0.1) is 35.5 Å². The Hall–Kier alpha value is -3.90. The quantitative estimate of drug-likeness (QED) is 0.559. The van der Waals surface area contributed by atoms with Crippen molar-refractivity contribution in [3.63, 3.8) is 0 Å². The van der Waals surface area contributed by atoms with E-state index in [0.717, 1.165) is 11.3 Å². The standard InChI is InChI=1S/C28H27N3O5S/c1-28(2)11-20-26(21(32)12-28)25(16-4-7-18(34-3)8-5-16)19(13-29)27(31-20)37-14-24(33)30-17-6-9-22-23(10-17)36-15-35-22/h4-10,25,31H,11-12,14-15H2,1-3H3,(H,30,33)/t25-/m0/s1. The van der Waals surface area contributed by atoms with Gasteiger partial charge in [0.15, 0.2) is 17.3 Å². The average Bonchev–Trinajstić information content (AvgIpc) is 3.34. The molecule has 2 aliphatic heterocycles. The summed E-state index contributed by atoms with van der Waals surface area (Å²) in [6.45, 7) is 4.29. The maximum atomic E-state index is 13.3. The number of hydrogen-bond acceptors (Lipinski definition) is 8. The van der Waals surface area contributed by atoms with Gasteiger partial charge in [-0.3, -0.25) is 9.59 Å². The number of allylic oxidation sites excluding steroid dienone is 3. The van der Waals surface area contributed by atoms with E-state index >= 15 is 0 Å². The summed E-state index contributed by atoms with van der Waals surface area (Å²) in [7, 11) is 1.59. The molecule has 1 atom stereocenters. The molecule has 0 unspecified atom stereocenters. The minimum atomic E-state index is -0.504. The van der Waals surface area contributed by atoms with Crippen molar-refractivity contribution in [2.75, 3.05) is 25.0 Å². The molecule has 0 radical (unpaired) electrons. The Morgan fingerprint density at radius 3 is 2.68 bits per heavy atom. The normalized spacial score (nSPS) is 19.6. The minimum Gasteiger partial charge on any atom is -0.497 e. The predicted octanol–water partition coefficient (Wildman–Crippen LogP) is 4.86. The summed E-state index contributed by atoms with van der Waals surface area (Å²) in [6.07, 6.45) is 1.09. The lowest BCUT2D eigenvalue weighted by Gasteiger charge is -2.39. The molecule has 2 heterocycles. The summed E-state index contributed by atoms with van der Waals surface area (Å²) in [5.41, 5.74) is 3.11. The van der Waals surface area contributed by atoms with Gasteiger partial charge >= 0.3 is 0 Å². The highest BCUT2D eigenvalue weighted by Gasteiger charge is 2.42. The van der Waals surface area contributed by atoms with Crippen molar-refractivity contribution in [1.29, 1.82) is 5.26 Å². The number of fused-ring (bicyclic) bond motifs is 1. The summed E-state index contributed by atoms with van der Waals surface area (Å²) in [5, 5.41) is 17.0. The van der Waals surface area contributed by atoms with E-state index in [1.165, 1.54) is 11.8 Å². The zero-order valence-corrected chi connectivity index (χ0v) is 21.7. The van der Waals surface area contributed by atoms with Crippen molar-refractivity contribution in [3.05, 3.63) is 69.9 Å². The third-order valence-corrected chi connectivity index (χ3v) is 7.60. The van der Waals surface area contributed by atoms with E-state index in [2.05, 4.69) is 30.6 Å². The smallest absolute Gasteiger partial charge is 0.234 e. The largest absolute Gasteiger partial charge is 0.497 e. The molecule has 0 spiro atoms. The first kappa shape index (κ1) is 24.8. The van der Waals surface area contributed by atoms with Crippen LogP contribution in [0.15, 0.2) is 64.3 Å². The number of amides is 1. The molecule has 2 aromatic carbocycles. The molecule has 190 valence electrons. The SMILES string of the molecule is COc1ccc([C@H]2C(C#N)=C(SCC(=O)Nc3ccc4c(c3)OCO4)NC3=C2C(=O)CC(C)(C)C3)cc1. The van der Waals surface area contributed by atoms with Gasteiger partial charge in [0.2, 0.25) is 12.7 Å². The highest BCUT2D eigenvalue weighted by atomic mass is 32.2. The van der Waals surface area contributed by atoms with Crippen molar-refractivity contribution in [1.82, 2.24) is 5.32 Å². The number of hydrogen-bond donors (Lipinski definition) is 2. The third-order valence-electron chi connectivity index (χ3n) is 6.58. The molecule has 2 aromatic rings. The summed E-state index contributed by atoms with van der Waals surface area (Å²) >= 11 is 1.25. The van der Waals surface area contributed by atoms with Gasteiger partial charge in [0.25, 0.3) is 0 Å². The predicted molar refractivity (Wildman–Crippen MR) is 140 cm³/mol. The summed E-state index contributed by atoms with van der Waals surface area (Å²) in [6, 6.07) is 15.0. The van der Waals surface area contributed by atoms with Gasteiger partial charge in [-0.2, -0.15) is 5.26 Å². The number of ether oxygens (including phenoxy) is 3. The number of rotatable bonds is 6. The molecule has 1 aliphatic carbocycles. The molecule has 0 saturated heterocycles. The van der Waals surface area contributed by atoms with Gasteiger partial charge in [-0.25, -0.2) is 0 Å². The van der Waals surface area contributed by atoms with E-state index in [1.807, 2.05) is 24.3 Å². The molecule has 37 heavy (non-hydrogen) atoms. The molecule has 0 saturated carbocycles. The van der Waals surface area contributed by atoms with E-state index in [4.69, 9.17) is 14.2 Å². The zero-order valence-electron chi connectivity index (χ0n) is 20.8. The molecular formula is C28H27N3O5S. The van der Waals surface area contributed by atoms with Crippen LogP contribution in [0.2, 0.25) is 0 Å². The van der Waals surface area contributed by atoms with Crippen molar-refractivity contribution < 1.29 is 23.8 Å². The Bertz CT molecular complexity index is 1370. The van der Waals surface area contributed by atoms with Crippen LogP contribution in [0.5, 0.6) is 17.2 Å². The second kappa shape index (κ2) is 9.87. The number of anilines is 1. The van der Waals surface area contributed by atoms with E-state index in [0.29, 0.717) is 52.0 Å². The summed E-state index contributed by atoms with van der Waals surface area (Å²) < 4.78 is 16.0. The number of carbonyl (C=O) groups is 2. The molecule has 8 nitrogen and oxygen atoms in total. The number of thioether (sulfide) groups is 1. The Labute approximate surface area is 219 Å². The monoisotopic (exact) mass is 517 g/mol. The fourth-order valence-electron chi connectivity index (χ4n) is 4.93. The lowest BCUT2D eigenvalue weighted by Crippen LogP contribution is -2.37. The van der Waals surface area contributed by atoms with E-state index in [9.17, 15) is 14.9 Å². The van der Waals surface area contributed by atoms with E-state index < -0.39 is 5.92 Å². The van der Waals surface area contributed by atoms with Gasteiger partial charge in [0, 0.05) is 29.4 Å². The van der Waals surface area contributed by atoms with Crippen LogP contribution in [-0.2, 0) is 9.59 Å². The molecule has 1 amide bonds. The number of ketones is 1. The van der Waals surface area contributed by atoms with Crippen LogP contribution >= 0.6 is 11.8 Å². The van der Waals surface area contributed by atoms with Crippen LogP contribution in [0.1, 0.15) is 38.2 Å². The topological polar surface area (TPSA) is 110 Å². The fraction of sp³-hybridized carbons (Fsp3) is 0.321. The number of dihydropyridines is 1. The van der Waals surface area contributed by atoms with Crippen LogP contribution in [0.4, 0.5) is 5.69 Å². The lowest BCUT2D eigenvalue weighted by atomic mass is 9.69. The van der Waals surface area contributed by atoms with Gasteiger partial charge in [-0.05, 0) is 41.7 Å². The second-order valence-corrected chi connectivity index (χ2v) is 10.9. The first-order chi connectivity index (χ1) is 17.8. The van der Waals surface area contributed by atoms with Gasteiger partial charge < -0.3 is 24.8 Å². The fourth-order valence-corrected chi connectivity index (χ4v) is 5.79. The zero-order chi connectivity index (χ0) is 26.2. The Morgan fingerprint density at radius 2 is 1.95 bits per heavy atom. The Morgan fingerprint density at radius 1 is 1.19 bits per heavy atom. The number of Topliss-reactive ketones (excluding diaryl/α,β-unsaturated/α-hetero) is 1. The summed E-state index contributed by atoms with van der Waals surface area (Å²) in [4.78, 5) is 26.1. The van der Waals surface area contributed by atoms with E-state index in [-0.39, 0.29) is 29.7 Å². The molecule has 0 aromatic heterocycles. The first-order valence-corrected chi connectivity index (χ1v) is 12.9. The van der Waals surface area contributed by atoms with Gasteiger partial charge in [0.1, 0.15) is 5.75 Å². The van der Waals surface area contributed by atoms with Crippen molar-refractivity contribution >= 4 is 29.1 Å². The third kappa shape index (κ3) is 5.02. The minimum absolute atomic E-state index is 0.0388. The number of benzene rings is 2. The molecule has 3 aliphatic rings. The molecule has 0 fully saturated rings. The van der Waals surface area contributed by atoms with Crippen LogP contribution in [-0.4, -0.2) is 31.3 Å². The van der Waals surface area contributed by atoms with Crippen LogP contribution in [0.3, 0.4) is 0 Å². The lowest BCUT2D eigenvalue weighted by molar-refractivity contribution is -0.118. The number of nitrogens with zero attached hydrogens (tertiary/aromatic N) is 1. The molecular weight excluding hydrogens is 490 g/mol. The van der Waals surface area contributed by atoms with Crippen LogP contribution in [0.25, 0.3) is 0 Å². The van der Waals surface area contributed by atoms with Gasteiger partial charge in [-0.15, -0.1) is 0 Å². The highest BCUT2D eigenvalue weighted by Crippen LogP contribution is 2.48. The molecule has 0 bridgehead atoms. The Balaban J connectivity index is 1.41. The Kier molecular flexibility index (Phi) is 6.61. The maximum Gasteiger partial charge on any atom is 0.234 e. The summed E-state index contributed by atoms with van der Waals surface area (Å²) in [5.74, 6) is 1.31. The van der Waals surface area contributed by atoms with Crippen molar-refractivity contribution in [2.45, 2.75) is 32.6 Å². The first-order valence-electron chi connectivity index (χ1n) is 11.9. The number of methoxy groups -OCH3 is 1.